The fourth-order valence-electron chi connectivity index (χ4n) is 4.67. The molecule has 0 heterocycles. The zero-order chi connectivity index (χ0) is 30.9. The molecular formula is C36H34ClNO4S. The summed E-state index contributed by atoms with van der Waals surface area (Å²) in [6.07, 6.45) is 1.21. The van der Waals surface area contributed by atoms with Gasteiger partial charge in [-0.3, -0.25) is 9.59 Å². The molecule has 0 saturated carbocycles. The third-order valence-corrected chi connectivity index (χ3v) is 8.52. The van der Waals surface area contributed by atoms with Crippen LogP contribution in [0.25, 0.3) is 11.1 Å². The monoisotopic (exact) mass is 611 g/mol. The lowest BCUT2D eigenvalue weighted by Crippen LogP contribution is -2.17. The van der Waals surface area contributed by atoms with Crippen molar-refractivity contribution in [2.24, 2.45) is 5.16 Å². The number of carbonyl (C=O) groups excluding carboxylic acids is 3. The lowest BCUT2D eigenvalue weighted by Gasteiger charge is -2.19. The number of halogens is 1. The number of thioether (sulfide) groups is 1. The minimum Gasteiger partial charge on any atom is -0.318 e. The van der Waals surface area contributed by atoms with E-state index in [4.69, 9.17) is 16.4 Å². The van der Waals surface area contributed by atoms with E-state index in [-0.39, 0.29) is 23.2 Å². The summed E-state index contributed by atoms with van der Waals surface area (Å²) < 4.78 is 0. The van der Waals surface area contributed by atoms with Crippen molar-refractivity contribution in [3.05, 3.63) is 124 Å². The number of nitrogens with zero attached hydrogens (tertiary/aromatic N) is 1. The van der Waals surface area contributed by atoms with E-state index in [2.05, 4.69) is 19.0 Å². The van der Waals surface area contributed by atoms with Crippen molar-refractivity contribution >= 4 is 46.6 Å². The van der Waals surface area contributed by atoms with E-state index < -0.39 is 5.97 Å². The molecule has 0 amide bonds. The first-order valence-corrected chi connectivity index (χ1v) is 15.6. The Morgan fingerprint density at radius 2 is 1.53 bits per heavy atom. The van der Waals surface area contributed by atoms with E-state index in [0.717, 1.165) is 33.6 Å². The normalized spacial score (nSPS) is 12.1. The first-order valence-electron chi connectivity index (χ1n) is 14.2. The number of ketones is 2. The second-order valence-corrected chi connectivity index (χ2v) is 11.9. The van der Waals surface area contributed by atoms with Crippen molar-refractivity contribution in [1.29, 1.82) is 0 Å². The van der Waals surface area contributed by atoms with E-state index in [1.807, 2.05) is 91.9 Å². The molecule has 4 aromatic carbocycles. The van der Waals surface area contributed by atoms with Crippen molar-refractivity contribution in [1.82, 2.24) is 0 Å². The molecule has 4 rings (SSSR count). The molecule has 0 aliphatic rings. The van der Waals surface area contributed by atoms with Gasteiger partial charge < -0.3 is 4.84 Å². The van der Waals surface area contributed by atoms with Gasteiger partial charge in [0.05, 0.1) is 0 Å². The van der Waals surface area contributed by atoms with Gasteiger partial charge in [-0.15, -0.1) is 11.8 Å². The van der Waals surface area contributed by atoms with Crippen LogP contribution in [0.3, 0.4) is 0 Å². The zero-order valence-corrected chi connectivity index (χ0v) is 26.3. The topological polar surface area (TPSA) is 72.8 Å². The number of rotatable bonds is 12. The molecule has 0 aliphatic carbocycles. The highest BCUT2D eigenvalue weighted by molar-refractivity contribution is 7.99. The summed E-state index contributed by atoms with van der Waals surface area (Å²) in [5, 5.41) is 4.59. The molecule has 0 radical (unpaired) electrons. The molecule has 0 aliphatic heterocycles. The van der Waals surface area contributed by atoms with Crippen LogP contribution in [0.2, 0.25) is 5.02 Å². The van der Waals surface area contributed by atoms with Crippen LogP contribution in [0.15, 0.2) is 101 Å². The molecule has 220 valence electrons. The number of Topliss-reactive ketones (excluding diaryl/α,β-unsaturated/α-hetero) is 1. The van der Waals surface area contributed by atoms with Crippen LogP contribution in [0.4, 0.5) is 0 Å². The van der Waals surface area contributed by atoms with Gasteiger partial charge in [0.15, 0.2) is 5.78 Å². The molecule has 0 fully saturated rings. The second-order valence-electron chi connectivity index (χ2n) is 10.3. The largest absolute Gasteiger partial charge is 0.331 e. The smallest absolute Gasteiger partial charge is 0.318 e. The highest BCUT2D eigenvalue weighted by Gasteiger charge is 2.21. The second kappa shape index (κ2) is 14.9. The van der Waals surface area contributed by atoms with E-state index in [1.165, 1.54) is 6.92 Å². The van der Waals surface area contributed by atoms with Crippen LogP contribution >= 0.6 is 23.4 Å². The van der Waals surface area contributed by atoms with Crippen molar-refractivity contribution in [2.75, 3.05) is 5.75 Å². The van der Waals surface area contributed by atoms with E-state index in [0.29, 0.717) is 33.9 Å². The molecule has 1 unspecified atom stereocenters. The number of oxime groups is 1. The van der Waals surface area contributed by atoms with Gasteiger partial charge in [0, 0.05) is 45.7 Å². The average Bonchev–Trinajstić information content (AvgIpc) is 3.02. The van der Waals surface area contributed by atoms with Crippen LogP contribution in [0, 0.1) is 6.92 Å². The Hall–Kier alpha value is -4.00. The van der Waals surface area contributed by atoms with Crippen LogP contribution in [-0.2, 0) is 9.63 Å². The van der Waals surface area contributed by atoms with Gasteiger partial charge >= 0.3 is 5.97 Å². The number of aryl methyl sites for hydroxylation is 1. The Morgan fingerprint density at radius 3 is 2.21 bits per heavy atom. The molecule has 5 nitrogen and oxygen atoms in total. The van der Waals surface area contributed by atoms with Gasteiger partial charge in [0.1, 0.15) is 5.71 Å². The first kappa shape index (κ1) is 31.9. The van der Waals surface area contributed by atoms with Gasteiger partial charge in [-0.25, -0.2) is 4.79 Å². The van der Waals surface area contributed by atoms with Crippen molar-refractivity contribution in [2.45, 2.75) is 51.3 Å². The minimum atomic E-state index is -0.599. The summed E-state index contributed by atoms with van der Waals surface area (Å²) in [6.45, 7) is 7.53. The van der Waals surface area contributed by atoms with E-state index >= 15 is 0 Å². The fourth-order valence-corrected chi connectivity index (χ4v) is 5.66. The third kappa shape index (κ3) is 8.31. The minimum absolute atomic E-state index is 0.0589. The fraction of sp³-hybridized carbons (Fsp3) is 0.222. The van der Waals surface area contributed by atoms with Crippen molar-refractivity contribution in [3.8, 4) is 11.1 Å². The summed E-state index contributed by atoms with van der Waals surface area (Å²) in [5.41, 5.74) is 5.65. The van der Waals surface area contributed by atoms with Crippen LogP contribution in [0.5, 0.6) is 0 Å². The summed E-state index contributed by atoms with van der Waals surface area (Å²) in [5.74, 6) is -0.190. The maximum atomic E-state index is 13.8. The number of carbonyl (C=O) groups is 3. The highest BCUT2D eigenvalue weighted by atomic mass is 35.5. The molecular weight excluding hydrogens is 578 g/mol. The molecule has 4 aromatic rings. The third-order valence-electron chi connectivity index (χ3n) is 7.25. The van der Waals surface area contributed by atoms with Gasteiger partial charge in [-0.1, -0.05) is 85.2 Å². The van der Waals surface area contributed by atoms with Crippen LogP contribution < -0.4 is 0 Å². The molecule has 0 saturated heterocycles. The van der Waals surface area contributed by atoms with Crippen LogP contribution in [0.1, 0.15) is 76.9 Å². The van der Waals surface area contributed by atoms with E-state index in [9.17, 15) is 14.4 Å². The van der Waals surface area contributed by atoms with Gasteiger partial charge in [-0.05, 0) is 77.9 Å². The average molecular weight is 612 g/mol. The maximum Gasteiger partial charge on any atom is 0.331 e. The summed E-state index contributed by atoms with van der Waals surface area (Å²) in [7, 11) is 0. The van der Waals surface area contributed by atoms with Gasteiger partial charge in [0.25, 0.3) is 0 Å². The molecule has 1 atom stereocenters. The Balaban J connectivity index is 1.69. The highest BCUT2D eigenvalue weighted by Crippen LogP contribution is 2.35. The molecule has 0 aromatic heterocycles. The molecule has 0 N–H and O–H groups in total. The standard InChI is InChI=1S/C36H34ClNO4S/c1-5-23(2)31-18-13-27(35(40)26-9-7-6-8-10-26)22-33(31)32-21-28(12-11-24(32)3)36(41)34(38-42-25(4)39)19-20-43-30-16-14-29(37)15-17-30/h6-18,21-23H,5,19-20H2,1-4H3. The lowest BCUT2D eigenvalue weighted by atomic mass is 9.85. The zero-order valence-electron chi connectivity index (χ0n) is 24.7. The summed E-state index contributed by atoms with van der Waals surface area (Å²) >= 11 is 7.55. The first-order chi connectivity index (χ1) is 20.7. The van der Waals surface area contributed by atoms with Gasteiger partial charge in [-0.2, -0.15) is 0 Å². The number of hydrogen-bond acceptors (Lipinski definition) is 6. The quantitative estimate of drug-likeness (QED) is 0.0524. The Bertz CT molecular complexity index is 1650. The Labute approximate surface area is 262 Å². The molecule has 7 heteroatoms. The predicted molar refractivity (Wildman–Crippen MR) is 176 cm³/mol. The number of hydrogen-bond donors (Lipinski definition) is 0. The number of benzene rings is 4. The molecule has 0 spiro atoms. The predicted octanol–water partition coefficient (Wildman–Crippen LogP) is 9.34. The Kier molecular flexibility index (Phi) is 11.1. The maximum absolute atomic E-state index is 13.8. The van der Waals surface area contributed by atoms with Crippen LogP contribution in [-0.4, -0.2) is 29.0 Å². The summed E-state index contributed by atoms with van der Waals surface area (Å²) in [6, 6.07) is 28.0. The van der Waals surface area contributed by atoms with E-state index in [1.54, 1.807) is 17.8 Å². The van der Waals surface area contributed by atoms with Crippen molar-refractivity contribution < 1.29 is 19.2 Å². The lowest BCUT2D eigenvalue weighted by molar-refractivity contribution is -0.140. The molecule has 0 bridgehead atoms. The summed E-state index contributed by atoms with van der Waals surface area (Å²) in [4.78, 5) is 44.6. The Morgan fingerprint density at radius 1 is 0.860 bits per heavy atom. The SMILES string of the molecule is CCC(C)c1ccc(C(=O)c2ccccc2)cc1-c1cc(C(=O)C(CCSc2ccc(Cl)cc2)=NOC(C)=O)ccc1C. The van der Waals surface area contributed by atoms with Crippen molar-refractivity contribution in [3.63, 3.8) is 0 Å². The molecule has 43 heavy (non-hydrogen) atoms. The van der Waals surface area contributed by atoms with Gasteiger partial charge in [0.2, 0.25) is 5.78 Å².